The Balaban J connectivity index is 1.78. The van der Waals surface area contributed by atoms with Crippen molar-refractivity contribution in [2.24, 2.45) is 0 Å². The first-order chi connectivity index (χ1) is 16.5. The van der Waals surface area contributed by atoms with Gasteiger partial charge in [0.15, 0.2) is 10.9 Å². The van der Waals surface area contributed by atoms with Gasteiger partial charge in [-0.2, -0.15) is 0 Å². The summed E-state index contributed by atoms with van der Waals surface area (Å²) < 4.78 is 17.7. The quantitative estimate of drug-likeness (QED) is 0.207. The van der Waals surface area contributed by atoms with Gasteiger partial charge in [0, 0.05) is 12.1 Å². The number of carbonyl (C=O) groups is 1. The van der Waals surface area contributed by atoms with Crippen molar-refractivity contribution in [2.45, 2.75) is 12.1 Å². The first-order valence-corrected chi connectivity index (χ1v) is 11.5. The van der Waals surface area contributed by atoms with Crippen LogP contribution in [0.15, 0.2) is 70.6 Å². The summed E-state index contributed by atoms with van der Waals surface area (Å²) in [5.74, 6) is 1.02. The Morgan fingerprint density at radius 1 is 0.941 bits per heavy atom. The molecule has 3 aromatic carbocycles. The fourth-order valence-corrected chi connectivity index (χ4v) is 4.60. The standard InChI is InChI=1S/C26H24N2O5S/c1-16-9-5-8-12-20(16)28-25(30)18-10-6-7-11-19(18)27-26(28)34-15-21(29)24-22(32-3)13-17(31-2)14-23(24)33-4/h5-14H,15H2,1-4H3. The molecule has 0 fully saturated rings. The smallest absolute Gasteiger partial charge is 0.266 e. The average Bonchev–Trinajstić information content (AvgIpc) is 2.87. The van der Waals surface area contributed by atoms with Gasteiger partial charge in [-0.25, -0.2) is 4.98 Å². The van der Waals surface area contributed by atoms with Crippen LogP contribution in [0.4, 0.5) is 0 Å². The van der Waals surface area contributed by atoms with Crippen LogP contribution >= 0.6 is 11.8 Å². The number of ketones is 1. The molecule has 0 amide bonds. The molecule has 0 aliphatic rings. The van der Waals surface area contributed by atoms with Crippen LogP contribution in [0, 0.1) is 6.92 Å². The van der Waals surface area contributed by atoms with E-state index in [1.807, 2.05) is 43.3 Å². The number of para-hydroxylation sites is 2. The fraction of sp³-hybridized carbons (Fsp3) is 0.192. The van der Waals surface area contributed by atoms with Gasteiger partial charge in [-0.3, -0.25) is 14.2 Å². The lowest BCUT2D eigenvalue weighted by Crippen LogP contribution is -2.23. The number of benzene rings is 3. The number of aryl methyl sites for hydroxylation is 1. The second-order valence-corrected chi connectivity index (χ2v) is 8.40. The highest BCUT2D eigenvalue weighted by molar-refractivity contribution is 7.99. The van der Waals surface area contributed by atoms with Gasteiger partial charge in [-0.05, 0) is 30.7 Å². The number of fused-ring (bicyclic) bond motifs is 1. The normalized spacial score (nSPS) is 10.8. The first-order valence-electron chi connectivity index (χ1n) is 10.5. The molecule has 0 atom stereocenters. The number of methoxy groups -OCH3 is 3. The van der Waals surface area contributed by atoms with Gasteiger partial charge >= 0.3 is 0 Å². The summed E-state index contributed by atoms with van der Waals surface area (Å²) in [4.78, 5) is 31.5. The number of aromatic nitrogens is 2. The predicted molar refractivity (Wildman–Crippen MR) is 133 cm³/mol. The maximum Gasteiger partial charge on any atom is 0.266 e. The molecule has 1 aromatic heterocycles. The van der Waals surface area contributed by atoms with Gasteiger partial charge in [0.2, 0.25) is 0 Å². The third kappa shape index (κ3) is 4.36. The van der Waals surface area contributed by atoms with E-state index < -0.39 is 0 Å². The van der Waals surface area contributed by atoms with Gasteiger partial charge in [0.1, 0.15) is 22.8 Å². The Labute approximate surface area is 201 Å². The van der Waals surface area contributed by atoms with Crippen LogP contribution < -0.4 is 19.8 Å². The zero-order valence-corrected chi connectivity index (χ0v) is 20.1. The number of rotatable bonds is 8. The van der Waals surface area contributed by atoms with E-state index in [9.17, 15) is 9.59 Å². The summed E-state index contributed by atoms with van der Waals surface area (Å²) in [5.41, 5.74) is 2.35. The van der Waals surface area contributed by atoms with Gasteiger partial charge in [0.05, 0.1) is 43.7 Å². The predicted octanol–water partition coefficient (Wildman–Crippen LogP) is 4.69. The van der Waals surface area contributed by atoms with E-state index in [0.717, 1.165) is 11.3 Å². The number of ether oxygens (including phenoxy) is 3. The highest BCUT2D eigenvalue weighted by atomic mass is 32.2. The lowest BCUT2D eigenvalue weighted by atomic mass is 10.1. The lowest BCUT2D eigenvalue weighted by molar-refractivity contribution is 0.101. The fourth-order valence-electron chi connectivity index (χ4n) is 3.72. The molecule has 0 aliphatic heterocycles. The molecule has 1 heterocycles. The zero-order chi connectivity index (χ0) is 24.2. The maximum atomic E-state index is 13.5. The summed E-state index contributed by atoms with van der Waals surface area (Å²) in [6, 6.07) is 18.1. The van der Waals surface area contributed by atoms with Crippen LogP contribution in [0.3, 0.4) is 0 Å². The highest BCUT2D eigenvalue weighted by Gasteiger charge is 2.22. The molecule has 0 bridgehead atoms. The van der Waals surface area contributed by atoms with Crippen molar-refractivity contribution in [3.05, 3.63) is 82.1 Å². The van der Waals surface area contributed by atoms with Gasteiger partial charge in [-0.15, -0.1) is 0 Å². The summed E-state index contributed by atoms with van der Waals surface area (Å²) in [6.45, 7) is 1.93. The molecule has 8 heteroatoms. The van der Waals surface area contributed by atoms with E-state index in [1.54, 1.807) is 28.8 Å². The van der Waals surface area contributed by atoms with Crippen molar-refractivity contribution in [3.8, 4) is 22.9 Å². The Morgan fingerprint density at radius 3 is 2.24 bits per heavy atom. The van der Waals surface area contributed by atoms with Crippen molar-refractivity contribution in [2.75, 3.05) is 27.1 Å². The first kappa shape index (κ1) is 23.4. The van der Waals surface area contributed by atoms with E-state index in [4.69, 9.17) is 19.2 Å². The Bertz CT molecular complexity index is 1410. The number of Topliss-reactive ketones (excluding diaryl/α,β-unsaturated/α-hetero) is 1. The lowest BCUT2D eigenvalue weighted by Gasteiger charge is -2.16. The van der Waals surface area contributed by atoms with Crippen molar-refractivity contribution in [1.29, 1.82) is 0 Å². The maximum absolute atomic E-state index is 13.5. The van der Waals surface area contributed by atoms with E-state index in [0.29, 0.717) is 38.9 Å². The van der Waals surface area contributed by atoms with Crippen molar-refractivity contribution < 1.29 is 19.0 Å². The molecule has 0 saturated heterocycles. The molecular formula is C26H24N2O5S. The SMILES string of the molecule is COc1cc(OC)c(C(=O)CSc2nc3ccccc3c(=O)n2-c2ccccc2C)c(OC)c1. The van der Waals surface area contributed by atoms with E-state index >= 15 is 0 Å². The third-order valence-electron chi connectivity index (χ3n) is 5.43. The summed E-state index contributed by atoms with van der Waals surface area (Å²) in [5, 5.41) is 0.942. The minimum absolute atomic E-state index is 0.0235. The number of carbonyl (C=O) groups excluding carboxylic acids is 1. The minimum Gasteiger partial charge on any atom is -0.496 e. The molecule has 0 spiro atoms. The third-order valence-corrected chi connectivity index (χ3v) is 6.37. The van der Waals surface area contributed by atoms with Crippen LogP contribution in [0.2, 0.25) is 0 Å². The zero-order valence-electron chi connectivity index (χ0n) is 19.3. The second-order valence-electron chi connectivity index (χ2n) is 7.46. The summed E-state index contributed by atoms with van der Waals surface area (Å²) in [6.07, 6.45) is 0. The molecule has 34 heavy (non-hydrogen) atoms. The number of thioether (sulfide) groups is 1. The summed E-state index contributed by atoms with van der Waals surface area (Å²) in [7, 11) is 4.50. The molecule has 0 aliphatic carbocycles. The molecule has 0 unspecified atom stereocenters. The molecule has 0 N–H and O–H groups in total. The minimum atomic E-state index is -0.222. The van der Waals surface area contributed by atoms with E-state index in [1.165, 1.54) is 33.1 Å². The largest absolute Gasteiger partial charge is 0.496 e. The topological polar surface area (TPSA) is 79.7 Å². The molecule has 7 nitrogen and oxygen atoms in total. The van der Waals surface area contributed by atoms with Crippen LogP contribution in [0.25, 0.3) is 16.6 Å². The van der Waals surface area contributed by atoms with Crippen LogP contribution in [-0.2, 0) is 0 Å². The van der Waals surface area contributed by atoms with Crippen LogP contribution in [0.5, 0.6) is 17.2 Å². The molecule has 0 saturated carbocycles. The second kappa shape index (κ2) is 10.0. The summed E-state index contributed by atoms with van der Waals surface area (Å²) >= 11 is 1.19. The Kier molecular flexibility index (Phi) is 6.88. The van der Waals surface area contributed by atoms with Crippen molar-refractivity contribution in [3.63, 3.8) is 0 Å². The molecule has 0 radical (unpaired) electrons. The Hall–Kier alpha value is -3.78. The average molecular weight is 477 g/mol. The molecule has 4 rings (SSSR count). The van der Waals surface area contributed by atoms with Gasteiger partial charge < -0.3 is 14.2 Å². The molecule has 174 valence electrons. The van der Waals surface area contributed by atoms with E-state index in [2.05, 4.69) is 0 Å². The van der Waals surface area contributed by atoms with Gasteiger partial charge in [-0.1, -0.05) is 42.1 Å². The van der Waals surface area contributed by atoms with Crippen LogP contribution in [0.1, 0.15) is 15.9 Å². The molecule has 4 aromatic rings. The number of nitrogens with zero attached hydrogens (tertiary/aromatic N) is 2. The number of hydrogen-bond acceptors (Lipinski definition) is 7. The highest BCUT2D eigenvalue weighted by Crippen LogP contribution is 2.35. The monoisotopic (exact) mass is 476 g/mol. The number of hydrogen-bond donors (Lipinski definition) is 0. The van der Waals surface area contributed by atoms with E-state index in [-0.39, 0.29) is 17.1 Å². The van der Waals surface area contributed by atoms with Gasteiger partial charge in [0.25, 0.3) is 5.56 Å². The Morgan fingerprint density at radius 2 is 1.59 bits per heavy atom. The van der Waals surface area contributed by atoms with Crippen molar-refractivity contribution >= 4 is 28.4 Å². The molecular weight excluding hydrogens is 452 g/mol. The van der Waals surface area contributed by atoms with Crippen molar-refractivity contribution in [1.82, 2.24) is 9.55 Å². The van der Waals surface area contributed by atoms with Crippen LogP contribution in [-0.4, -0.2) is 42.4 Å².